The van der Waals surface area contributed by atoms with Gasteiger partial charge in [-0.25, -0.2) is 14.9 Å². The van der Waals surface area contributed by atoms with Crippen molar-refractivity contribution in [2.75, 3.05) is 94.9 Å². The van der Waals surface area contributed by atoms with Crippen LogP contribution in [0.15, 0.2) is 131 Å². The molecule has 3 aliphatic rings. The highest BCUT2D eigenvalue weighted by Crippen LogP contribution is 2.18. The minimum atomic E-state index is -1.03. The molecule has 0 unspecified atom stereocenters. The number of hydroxylamine groups is 4. The molecule has 570 valence electrons. The first kappa shape index (κ1) is 81.8. The Morgan fingerprint density at radius 2 is 0.849 bits per heavy atom. The number of nitrogens with one attached hydrogen (secondary N) is 5. The molecule has 5 N–H and O–H groups in total. The SMILES string of the molecule is COc1ccc(CON(C)C(=O)CC(=O)N2CCCCN(C(=O)CC(=O)N(C)OCc3ccc(OC)cc3)CCCNC(=O)c3ccc(n(OCc4ccc(OC)cc4)c3=O)C(=O)N[C@@H](CCCCNC(=O)OC(C)(C)C)CNC(=O)c3ccc(c(=O)n3OCc3ccc(OC)cc3)C(=O)NCCC2)cc1. The lowest BCUT2D eigenvalue weighted by atomic mass is 10.1. The molecule has 0 saturated carbocycles. The standard InChI is InChI=1S/C75H95N11O20/c1-75(2,3)106-74(97)78-37-11-10-16-55-46-79-70(93)62-35-33-60(72(95)85(62)104-49-53-21-29-58(100-8)30-22-53)68(91)76-38-14-42-83(66(89)44-64(87)81(4)102-47-51-17-25-56(98-6)26-18-51)40-12-13-41-84(67(90)45-65(88)82(5)103-48-52-19-27-57(99-7)28-20-52)43-15-39-77-69(92)61-34-36-63(71(94)80-55)86(73(61)96)105-50-54-23-31-59(101-9)32-24-54/h17-36,55H,10-16,37-50H2,1-9H3,(H,76,91)(H,77,92)(H,78,97)(H,79,93)(H,80,94)/t55-/m0/s1. The van der Waals surface area contributed by atoms with E-state index < -0.39 is 100 Å². The van der Waals surface area contributed by atoms with Crippen molar-refractivity contribution in [1.82, 2.24) is 56.0 Å². The maximum atomic E-state index is 14.7. The number of benzene rings is 4. The Balaban J connectivity index is 1.21. The van der Waals surface area contributed by atoms with Crippen LogP contribution in [0.3, 0.4) is 0 Å². The molecule has 0 aliphatic carbocycles. The summed E-state index contributed by atoms with van der Waals surface area (Å²) in [6, 6.07) is 31.1. The van der Waals surface area contributed by atoms with Gasteiger partial charge in [0.2, 0.25) is 11.8 Å². The van der Waals surface area contributed by atoms with Gasteiger partial charge < -0.3 is 69.7 Å². The van der Waals surface area contributed by atoms with Gasteiger partial charge in [-0.15, -0.1) is 9.46 Å². The number of carbonyl (C=O) groups is 9. The monoisotopic (exact) mass is 1470 g/mol. The first-order chi connectivity index (χ1) is 50.9. The molecule has 4 aromatic carbocycles. The summed E-state index contributed by atoms with van der Waals surface area (Å²) in [6.45, 7) is 4.33. The number of alkyl carbamates (subject to hydrolysis) is 1. The lowest BCUT2D eigenvalue weighted by molar-refractivity contribution is -0.184. The number of unbranched alkanes of at least 4 members (excludes halogenated alkanes) is 1. The second-order valence-electron chi connectivity index (χ2n) is 25.6. The Morgan fingerprint density at radius 1 is 0.472 bits per heavy atom. The van der Waals surface area contributed by atoms with Crippen LogP contribution in [-0.2, 0) is 60.0 Å². The molecule has 0 fully saturated rings. The zero-order valence-electron chi connectivity index (χ0n) is 61.3. The van der Waals surface area contributed by atoms with E-state index in [0.29, 0.717) is 56.4 Å². The van der Waals surface area contributed by atoms with Gasteiger partial charge in [-0.3, -0.25) is 57.6 Å². The van der Waals surface area contributed by atoms with Crippen LogP contribution >= 0.6 is 0 Å². The van der Waals surface area contributed by atoms with Crippen LogP contribution < -0.4 is 66.3 Å². The minimum Gasteiger partial charge on any atom is -0.497 e. The van der Waals surface area contributed by atoms with Crippen molar-refractivity contribution in [2.45, 2.75) is 117 Å². The topological polar surface area (TPSA) is 354 Å². The molecule has 106 heavy (non-hydrogen) atoms. The molecule has 31 nitrogen and oxygen atoms in total. The molecule has 3 aliphatic heterocycles. The Labute approximate surface area is 614 Å². The molecule has 31 heteroatoms. The van der Waals surface area contributed by atoms with E-state index in [4.69, 9.17) is 43.0 Å². The van der Waals surface area contributed by atoms with Crippen LogP contribution in [0.1, 0.15) is 143 Å². The van der Waals surface area contributed by atoms with Gasteiger partial charge in [0.15, 0.2) is 0 Å². The van der Waals surface area contributed by atoms with Crippen LogP contribution in [0.25, 0.3) is 0 Å². The van der Waals surface area contributed by atoms with E-state index in [9.17, 15) is 52.7 Å². The Kier molecular flexibility index (Phi) is 31.8. The second kappa shape index (κ2) is 41.1. The Bertz CT molecular complexity index is 4070. The molecule has 2 aromatic heterocycles. The van der Waals surface area contributed by atoms with Crippen molar-refractivity contribution < 1.29 is 86.2 Å². The van der Waals surface area contributed by atoms with Crippen LogP contribution in [0, 0.1) is 0 Å². The number of carbonyl (C=O) groups excluding carboxylic acids is 9. The maximum Gasteiger partial charge on any atom is 0.407 e. The molecular formula is C75H95N11O20. The van der Waals surface area contributed by atoms with Crippen LogP contribution in [0.2, 0.25) is 0 Å². The summed E-state index contributed by atoms with van der Waals surface area (Å²) in [7, 11) is 8.81. The van der Waals surface area contributed by atoms with Gasteiger partial charge in [0, 0.05) is 72.5 Å². The fraction of sp³-hybridized carbons (Fsp3) is 0.427. The van der Waals surface area contributed by atoms with E-state index in [-0.39, 0.29) is 122 Å². The number of hydrogen-bond acceptors (Lipinski definition) is 20. The second-order valence-corrected chi connectivity index (χ2v) is 25.6. The summed E-state index contributed by atoms with van der Waals surface area (Å²) in [5.41, 5.74) is -1.85. The zero-order valence-corrected chi connectivity index (χ0v) is 61.3. The fourth-order valence-corrected chi connectivity index (χ4v) is 10.6. The van der Waals surface area contributed by atoms with Gasteiger partial charge in [-0.1, -0.05) is 48.5 Å². The molecule has 5 heterocycles. The van der Waals surface area contributed by atoms with Crippen molar-refractivity contribution in [1.29, 1.82) is 0 Å². The first-order valence-electron chi connectivity index (χ1n) is 34.6. The van der Waals surface area contributed by atoms with E-state index in [1.165, 1.54) is 64.5 Å². The lowest BCUT2D eigenvalue weighted by Gasteiger charge is -2.26. The Morgan fingerprint density at radius 3 is 1.24 bits per heavy atom. The number of methoxy groups -OCH3 is 4. The molecular weight excluding hydrogens is 1370 g/mol. The van der Waals surface area contributed by atoms with Gasteiger partial charge in [-0.2, -0.15) is 0 Å². The highest BCUT2D eigenvalue weighted by atomic mass is 16.7. The summed E-state index contributed by atoms with van der Waals surface area (Å²) in [5, 5.41) is 15.7. The van der Waals surface area contributed by atoms with Crippen molar-refractivity contribution in [2.24, 2.45) is 0 Å². The van der Waals surface area contributed by atoms with Gasteiger partial charge in [-0.05, 0) is 161 Å². The van der Waals surface area contributed by atoms with E-state index in [2.05, 4.69) is 26.6 Å². The third-order valence-corrected chi connectivity index (χ3v) is 16.6. The zero-order chi connectivity index (χ0) is 76.7. The number of rotatable bonds is 25. The summed E-state index contributed by atoms with van der Waals surface area (Å²) in [6.07, 6.45) is -0.308. The van der Waals surface area contributed by atoms with E-state index >= 15 is 0 Å². The third kappa shape index (κ3) is 25.7. The summed E-state index contributed by atoms with van der Waals surface area (Å²) in [4.78, 5) is 181. The number of ether oxygens (including phenoxy) is 5. The smallest absolute Gasteiger partial charge is 0.407 e. The average Bonchev–Trinajstić information content (AvgIpc) is 0.807. The molecule has 9 amide bonds. The van der Waals surface area contributed by atoms with Crippen LogP contribution in [0.4, 0.5) is 4.79 Å². The lowest BCUT2D eigenvalue weighted by Crippen LogP contribution is -2.47. The third-order valence-electron chi connectivity index (χ3n) is 16.6. The quantitative estimate of drug-likeness (QED) is 0.0280. The first-order valence-corrected chi connectivity index (χ1v) is 34.6. The normalized spacial score (nSPS) is 14.4. The van der Waals surface area contributed by atoms with Crippen molar-refractivity contribution >= 4 is 53.4 Å². The van der Waals surface area contributed by atoms with E-state index in [0.717, 1.165) is 33.4 Å². The number of nitrogens with zero attached hydrogens (tertiary/aromatic N) is 6. The van der Waals surface area contributed by atoms with Gasteiger partial charge >= 0.3 is 6.09 Å². The molecule has 9 rings (SSSR count). The average molecular weight is 1470 g/mol. The van der Waals surface area contributed by atoms with Gasteiger partial charge in [0.25, 0.3) is 46.6 Å². The van der Waals surface area contributed by atoms with E-state index in [1.54, 1.807) is 118 Å². The van der Waals surface area contributed by atoms with Crippen molar-refractivity contribution in [3.8, 4) is 23.0 Å². The number of hydrogen-bond donors (Lipinski definition) is 5. The highest BCUT2D eigenvalue weighted by Gasteiger charge is 2.28. The van der Waals surface area contributed by atoms with Crippen molar-refractivity contribution in [3.63, 3.8) is 0 Å². The number of fused-ring (bicyclic) bond motifs is 2. The summed E-state index contributed by atoms with van der Waals surface area (Å²) < 4.78 is 27.8. The largest absolute Gasteiger partial charge is 0.497 e. The highest BCUT2D eigenvalue weighted by molar-refractivity contribution is 5.99. The number of aromatic nitrogens is 2. The fourth-order valence-electron chi connectivity index (χ4n) is 10.6. The maximum absolute atomic E-state index is 14.7. The Hall–Kier alpha value is -11.5. The van der Waals surface area contributed by atoms with Gasteiger partial charge in [0.1, 0.15) is 90.4 Å². The summed E-state index contributed by atoms with van der Waals surface area (Å²) in [5.74, 6) is -3.67. The molecule has 0 spiro atoms. The molecule has 1 atom stereocenters. The molecule has 0 saturated heterocycles. The predicted octanol–water partition coefficient (Wildman–Crippen LogP) is 5.18. The van der Waals surface area contributed by atoms with E-state index in [1.807, 2.05) is 0 Å². The molecule has 6 aromatic rings. The minimum absolute atomic E-state index is 0.00161. The molecule has 4 bridgehead atoms. The number of amides is 9. The number of pyridine rings is 2. The van der Waals surface area contributed by atoms with Gasteiger partial charge in [0.05, 0.1) is 28.4 Å². The molecule has 0 radical (unpaired) electrons. The van der Waals surface area contributed by atoms with Crippen LogP contribution in [0.5, 0.6) is 23.0 Å². The summed E-state index contributed by atoms with van der Waals surface area (Å²) >= 11 is 0. The van der Waals surface area contributed by atoms with Crippen LogP contribution in [-0.4, -0.2) is 189 Å². The predicted molar refractivity (Wildman–Crippen MR) is 386 cm³/mol. The van der Waals surface area contributed by atoms with Crippen molar-refractivity contribution in [3.05, 3.63) is 187 Å².